The van der Waals surface area contributed by atoms with Crippen molar-refractivity contribution in [2.45, 2.75) is 31.9 Å². The van der Waals surface area contributed by atoms with Gasteiger partial charge in [0.05, 0.1) is 19.8 Å². The van der Waals surface area contributed by atoms with Gasteiger partial charge in [0.25, 0.3) is 0 Å². The molecular formula is C16H27NO4. The van der Waals surface area contributed by atoms with Crippen LogP contribution in [0.1, 0.15) is 18.9 Å². The largest absolute Gasteiger partial charge is 0.491 e. The van der Waals surface area contributed by atoms with E-state index in [9.17, 15) is 5.11 Å². The summed E-state index contributed by atoms with van der Waals surface area (Å²) in [5, 5.41) is 9.71. The molecule has 2 atom stereocenters. The summed E-state index contributed by atoms with van der Waals surface area (Å²) >= 11 is 0. The van der Waals surface area contributed by atoms with Crippen LogP contribution in [0.25, 0.3) is 0 Å². The van der Waals surface area contributed by atoms with Gasteiger partial charge in [-0.15, -0.1) is 0 Å². The van der Waals surface area contributed by atoms with Gasteiger partial charge >= 0.3 is 0 Å². The average Bonchev–Trinajstić information content (AvgIpc) is 2.48. The van der Waals surface area contributed by atoms with Gasteiger partial charge in [-0.25, -0.2) is 0 Å². The van der Waals surface area contributed by atoms with E-state index in [1.165, 1.54) is 5.56 Å². The first-order valence-electron chi connectivity index (χ1n) is 7.34. The van der Waals surface area contributed by atoms with E-state index in [1.54, 1.807) is 7.11 Å². The number of aliphatic hydroxyl groups excluding tert-OH is 1. The van der Waals surface area contributed by atoms with Crippen LogP contribution < -0.4 is 10.5 Å². The predicted molar refractivity (Wildman–Crippen MR) is 82.6 cm³/mol. The van der Waals surface area contributed by atoms with E-state index in [1.807, 2.05) is 31.2 Å². The van der Waals surface area contributed by atoms with Crippen molar-refractivity contribution in [2.75, 3.05) is 33.5 Å². The second kappa shape index (κ2) is 10.6. The zero-order valence-corrected chi connectivity index (χ0v) is 13.0. The van der Waals surface area contributed by atoms with Crippen LogP contribution in [0.3, 0.4) is 0 Å². The molecule has 0 bridgehead atoms. The fourth-order valence-electron chi connectivity index (χ4n) is 1.75. The monoisotopic (exact) mass is 297 g/mol. The van der Waals surface area contributed by atoms with E-state index in [2.05, 4.69) is 0 Å². The Labute approximate surface area is 127 Å². The second-order valence-corrected chi connectivity index (χ2v) is 5.19. The van der Waals surface area contributed by atoms with Gasteiger partial charge in [-0.2, -0.15) is 0 Å². The van der Waals surface area contributed by atoms with Crippen LogP contribution in [0.5, 0.6) is 5.75 Å². The average molecular weight is 297 g/mol. The minimum atomic E-state index is -0.639. The standard InChI is InChI=1S/C16H27NO4/c1-13(17)3-4-14-5-7-16(8-6-14)21-12-15(18)11-20-10-9-19-2/h5-8,13,15,18H,3-4,9-12,17H2,1-2H3. The third kappa shape index (κ3) is 8.67. The Morgan fingerprint density at radius 1 is 1.14 bits per heavy atom. The zero-order chi connectivity index (χ0) is 15.5. The highest BCUT2D eigenvalue weighted by molar-refractivity contribution is 5.27. The van der Waals surface area contributed by atoms with Crippen molar-refractivity contribution in [3.8, 4) is 5.75 Å². The normalized spacial score (nSPS) is 13.9. The number of aliphatic hydroxyl groups is 1. The third-order valence-electron chi connectivity index (χ3n) is 3.00. The Bertz CT molecular complexity index is 367. The fourth-order valence-corrected chi connectivity index (χ4v) is 1.75. The molecule has 1 aromatic rings. The number of aryl methyl sites for hydroxylation is 1. The maximum absolute atomic E-state index is 9.71. The topological polar surface area (TPSA) is 73.9 Å². The van der Waals surface area contributed by atoms with Gasteiger partial charge in [-0.05, 0) is 37.5 Å². The third-order valence-corrected chi connectivity index (χ3v) is 3.00. The highest BCUT2D eigenvalue weighted by Crippen LogP contribution is 2.14. The molecule has 120 valence electrons. The SMILES string of the molecule is COCCOCC(O)COc1ccc(CCC(C)N)cc1. The summed E-state index contributed by atoms with van der Waals surface area (Å²) in [7, 11) is 1.61. The molecule has 0 saturated carbocycles. The van der Waals surface area contributed by atoms with Gasteiger partial charge < -0.3 is 25.1 Å². The van der Waals surface area contributed by atoms with Crippen LogP contribution in [0.4, 0.5) is 0 Å². The number of ether oxygens (including phenoxy) is 3. The summed E-state index contributed by atoms with van der Waals surface area (Å²) in [6.45, 7) is 3.47. The summed E-state index contributed by atoms with van der Waals surface area (Å²) in [5.41, 5.74) is 6.98. The van der Waals surface area contributed by atoms with Crippen molar-refractivity contribution >= 4 is 0 Å². The molecule has 5 nitrogen and oxygen atoms in total. The molecule has 0 saturated heterocycles. The van der Waals surface area contributed by atoms with Crippen LogP contribution in [0, 0.1) is 0 Å². The smallest absolute Gasteiger partial charge is 0.119 e. The van der Waals surface area contributed by atoms with Gasteiger partial charge in [0.15, 0.2) is 0 Å². The minimum absolute atomic E-state index is 0.214. The van der Waals surface area contributed by atoms with Gasteiger partial charge in [0, 0.05) is 13.2 Å². The minimum Gasteiger partial charge on any atom is -0.491 e. The molecule has 5 heteroatoms. The molecule has 0 aliphatic rings. The summed E-state index contributed by atoms with van der Waals surface area (Å²) in [6, 6.07) is 8.09. The highest BCUT2D eigenvalue weighted by Gasteiger charge is 2.06. The fraction of sp³-hybridized carbons (Fsp3) is 0.625. The number of benzene rings is 1. The molecular weight excluding hydrogens is 270 g/mol. The summed E-state index contributed by atoms with van der Waals surface area (Å²) in [4.78, 5) is 0. The second-order valence-electron chi connectivity index (χ2n) is 5.19. The number of methoxy groups -OCH3 is 1. The first kappa shape index (κ1) is 17.9. The molecule has 2 unspecified atom stereocenters. The molecule has 0 spiro atoms. The predicted octanol–water partition coefficient (Wildman–Crippen LogP) is 1.37. The van der Waals surface area contributed by atoms with Crippen LogP contribution >= 0.6 is 0 Å². The van der Waals surface area contributed by atoms with Crippen LogP contribution in [-0.2, 0) is 15.9 Å². The zero-order valence-electron chi connectivity index (χ0n) is 13.0. The summed E-state index contributed by atoms with van der Waals surface area (Å²) < 4.78 is 15.6. The number of nitrogens with two attached hydrogens (primary N) is 1. The Kier molecular flexibility index (Phi) is 9.01. The Balaban J connectivity index is 2.22. The lowest BCUT2D eigenvalue weighted by atomic mass is 10.1. The van der Waals surface area contributed by atoms with Crippen molar-refractivity contribution in [3.05, 3.63) is 29.8 Å². The van der Waals surface area contributed by atoms with Crippen molar-refractivity contribution in [1.29, 1.82) is 0 Å². The molecule has 0 aliphatic heterocycles. The molecule has 0 fully saturated rings. The molecule has 0 amide bonds. The van der Waals surface area contributed by atoms with E-state index in [4.69, 9.17) is 19.9 Å². The number of hydrogen-bond donors (Lipinski definition) is 2. The first-order chi connectivity index (χ1) is 10.1. The molecule has 0 aliphatic carbocycles. The van der Waals surface area contributed by atoms with Crippen LogP contribution in [0.15, 0.2) is 24.3 Å². The summed E-state index contributed by atoms with van der Waals surface area (Å²) in [6.07, 6.45) is 1.30. The molecule has 3 N–H and O–H groups in total. The lowest BCUT2D eigenvalue weighted by Gasteiger charge is -2.13. The molecule has 0 heterocycles. The maximum Gasteiger partial charge on any atom is 0.119 e. The molecule has 0 radical (unpaired) electrons. The van der Waals surface area contributed by atoms with Crippen molar-refractivity contribution in [3.63, 3.8) is 0 Å². The Hall–Kier alpha value is -1.14. The van der Waals surface area contributed by atoms with Crippen LogP contribution in [-0.4, -0.2) is 50.8 Å². The van der Waals surface area contributed by atoms with E-state index in [-0.39, 0.29) is 19.3 Å². The Morgan fingerprint density at radius 3 is 2.48 bits per heavy atom. The van der Waals surface area contributed by atoms with Gasteiger partial charge in [-0.1, -0.05) is 12.1 Å². The number of rotatable bonds is 11. The molecule has 1 aromatic carbocycles. The van der Waals surface area contributed by atoms with Gasteiger partial charge in [0.1, 0.15) is 18.5 Å². The van der Waals surface area contributed by atoms with E-state index in [0.717, 1.165) is 18.6 Å². The Morgan fingerprint density at radius 2 is 1.86 bits per heavy atom. The van der Waals surface area contributed by atoms with Crippen molar-refractivity contribution in [1.82, 2.24) is 0 Å². The highest BCUT2D eigenvalue weighted by atomic mass is 16.5. The van der Waals surface area contributed by atoms with Gasteiger partial charge in [0.2, 0.25) is 0 Å². The molecule has 0 aromatic heterocycles. The number of hydrogen-bond acceptors (Lipinski definition) is 5. The van der Waals surface area contributed by atoms with Crippen molar-refractivity contribution < 1.29 is 19.3 Å². The van der Waals surface area contributed by atoms with Gasteiger partial charge in [-0.3, -0.25) is 0 Å². The lowest BCUT2D eigenvalue weighted by Crippen LogP contribution is -2.24. The maximum atomic E-state index is 9.71. The van der Waals surface area contributed by atoms with E-state index >= 15 is 0 Å². The summed E-state index contributed by atoms with van der Waals surface area (Å²) in [5.74, 6) is 0.746. The quantitative estimate of drug-likeness (QED) is 0.603. The van der Waals surface area contributed by atoms with E-state index < -0.39 is 6.10 Å². The molecule has 1 rings (SSSR count). The lowest BCUT2D eigenvalue weighted by molar-refractivity contribution is -0.00419. The van der Waals surface area contributed by atoms with E-state index in [0.29, 0.717) is 13.2 Å². The molecule has 21 heavy (non-hydrogen) atoms. The van der Waals surface area contributed by atoms with Crippen molar-refractivity contribution in [2.24, 2.45) is 5.73 Å². The first-order valence-corrected chi connectivity index (χ1v) is 7.34. The van der Waals surface area contributed by atoms with Crippen LogP contribution in [0.2, 0.25) is 0 Å².